The predicted octanol–water partition coefficient (Wildman–Crippen LogP) is 2.89. The average Bonchev–Trinajstić information content (AvgIpc) is 2.94. The molecule has 0 spiro atoms. The Balaban J connectivity index is 1.72. The van der Waals surface area contributed by atoms with Crippen molar-refractivity contribution in [3.05, 3.63) is 51.5 Å². The third kappa shape index (κ3) is 3.46. The third-order valence-electron chi connectivity index (χ3n) is 4.40. The molecule has 1 heterocycles. The SMILES string of the molecule is Cc1nc2c(s1)C(N(C)C(=O)[C@@H](O)Cc1ccccc1)CCC2. The fourth-order valence-electron chi connectivity index (χ4n) is 3.20. The number of aliphatic hydroxyl groups excluding tert-OH is 1. The first kappa shape index (κ1) is 16.1. The van der Waals surface area contributed by atoms with Crippen molar-refractivity contribution >= 4 is 17.2 Å². The van der Waals surface area contributed by atoms with Gasteiger partial charge in [0.1, 0.15) is 6.10 Å². The van der Waals surface area contributed by atoms with Gasteiger partial charge in [-0.05, 0) is 31.7 Å². The molecule has 0 bridgehead atoms. The van der Waals surface area contributed by atoms with Crippen molar-refractivity contribution in [1.82, 2.24) is 9.88 Å². The van der Waals surface area contributed by atoms with Crippen LogP contribution in [0.3, 0.4) is 0 Å². The van der Waals surface area contributed by atoms with E-state index in [-0.39, 0.29) is 11.9 Å². The molecular formula is C18H22N2O2S. The Labute approximate surface area is 140 Å². The minimum Gasteiger partial charge on any atom is -0.383 e. The minimum atomic E-state index is -0.998. The summed E-state index contributed by atoms with van der Waals surface area (Å²) in [6.45, 7) is 2.01. The molecule has 1 aliphatic rings. The highest BCUT2D eigenvalue weighted by Gasteiger charge is 2.32. The summed E-state index contributed by atoms with van der Waals surface area (Å²) in [5, 5.41) is 11.4. The summed E-state index contributed by atoms with van der Waals surface area (Å²) in [6.07, 6.45) is 2.32. The molecule has 23 heavy (non-hydrogen) atoms. The summed E-state index contributed by atoms with van der Waals surface area (Å²) in [6, 6.07) is 9.68. The minimum absolute atomic E-state index is 0.0443. The van der Waals surface area contributed by atoms with E-state index in [2.05, 4.69) is 4.98 Å². The number of hydrogen-bond acceptors (Lipinski definition) is 4. The highest BCUT2D eigenvalue weighted by atomic mass is 32.1. The monoisotopic (exact) mass is 330 g/mol. The van der Waals surface area contributed by atoms with Crippen LogP contribution in [0, 0.1) is 6.92 Å². The maximum Gasteiger partial charge on any atom is 0.252 e. The van der Waals surface area contributed by atoms with E-state index in [0.29, 0.717) is 6.42 Å². The third-order valence-corrected chi connectivity index (χ3v) is 5.51. The maximum atomic E-state index is 12.6. The molecular weight excluding hydrogens is 308 g/mol. The van der Waals surface area contributed by atoms with E-state index >= 15 is 0 Å². The standard InChI is InChI=1S/C18H22N2O2S/c1-12-19-14-9-6-10-15(17(14)23-12)20(2)18(22)16(21)11-13-7-4-3-5-8-13/h3-5,7-8,15-16,21H,6,9-11H2,1-2H3/t15?,16-/m0/s1. The zero-order chi connectivity index (χ0) is 16.4. The van der Waals surface area contributed by atoms with Crippen LogP contribution in [0.15, 0.2) is 30.3 Å². The lowest BCUT2D eigenvalue weighted by Crippen LogP contribution is -2.40. The van der Waals surface area contributed by atoms with Gasteiger partial charge in [0.2, 0.25) is 0 Å². The fourth-order valence-corrected chi connectivity index (χ4v) is 4.35. The van der Waals surface area contributed by atoms with Crippen LogP contribution >= 0.6 is 11.3 Å². The van der Waals surface area contributed by atoms with Gasteiger partial charge in [-0.2, -0.15) is 0 Å². The zero-order valence-electron chi connectivity index (χ0n) is 13.5. The number of carbonyl (C=O) groups is 1. The number of hydrogen-bond donors (Lipinski definition) is 1. The van der Waals surface area contributed by atoms with Crippen molar-refractivity contribution in [3.8, 4) is 0 Å². The highest BCUT2D eigenvalue weighted by Crippen LogP contribution is 2.37. The van der Waals surface area contributed by atoms with Crippen molar-refractivity contribution in [1.29, 1.82) is 0 Å². The van der Waals surface area contributed by atoms with Crippen LogP contribution in [-0.4, -0.2) is 34.0 Å². The van der Waals surface area contributed by atoms with Crippen molar-refractivity contribution in [2.45, 2.75) is 44.8 Å². The van der Waals surface area contributed by atoms with E-state index in [4.69, 9.17) is 0 Å². The van der Waals surface area contributed by atoms with Crippen LogP contribution in [-0.2, 0) is 17.6 Å². The van der Waals surface area contributed by atoms with E-state index in [1.54, 1.807) is 23.3 Å². The number of likely N-dealkylation sites (N-methyl/N-ethyl adjacent to an activating group) is 1. The van der Waals surface area contributed by atoms with Gasteiger partial charge >= 0.3 is 0 Å². The molecule has 122 valence electrons. The van der Waals surface area contributed by atoms with Crippen LogP contribution in [0.1, 0.15) is 40.0 Å². The maximum absolute atomic E-state index is 12.6. The van der Waals surface area contributed by atoms with Crippen LogP contribution in [0.2, 0.25) is 0 Å². The van der Waals surface area contributed by atoms with E-state index in [0.717, 1.165) is 35.5 Å². The summed E-state index contributed by atoms with van der Waals surface area (Å²) < 4.78 is 0. The summed E-state index contributed by atoms with van der Waals surface area (Å²) in [5.41, 5.74) is 2.10. The summed E-state index contributed by atoms with van der Waals surface area (Å²) in [7, 11) is 1.80. The Morgan fingerprint density at radius 3 is 2.91 bits per heavy atom. The summed E-state index contributed by atoms with van der Waals surface area (Å²) in [5.74, 6) is -0.210. The van der Waals surface area contributed by atoms with Gasteiger partial charge in [0.25, 0.3) is 5.91 Å². The number of thiazole rings is 1. The van der Waals surface area contributed by atoms with E-state index in [1.165, 1.54) is 4.88 Å². The molecule has 1 N–H and O–H groups in total. The molecule has 1 aromatic heterocycles. The van der Waals surface area contributed by atoms with E-state index in [9.17, 15) is 9.90 Å². The Morgan fingerprint density at radius 2 is 2.17 bits per heavy atom. The molecule has 0 aliphatic heterocycles. The number of aromatic nitrogens is 1. The van der Waals surface area contributed by atoms with Gasteiger partial charge in [-0.15, -0.1) is 11.3 Å². The van der Waals surface area contributed by atoms with Gasteiger partial charge < -0.3 is 10.0 Å². The number of aliphatic hydroxyl groups is 1. The fraction of sp³-hybridized carbons (Fsp3) is 0.444. The van der Waals surface area contributed by atoms with Crippen molar-refractivity contribution in [3.63, 3.8) is 0 Å². The van der Waals surface area contributed by atoms with Crippen molar-refractivity contribution < 1.29 is 9.90 Å². The Kier molecular flexibility index (Phi) is 4.78. The van der Waals surface area contributed by atoms with Crippen molar-refractivity contribution in [2.24, 2.45) is 0 Å². The molecule has 0 fully saturated rings. The number of fused-ring (bicyclic) bond motifs is 1. The molecule has 1 unspecified atom stereocenters. The quantitative estimate of drug-likeness (QED) is 0.938. The number of benzene rings is 1. The first-order valence-corrected chi connectivity index (χ1v) is 8.82. The lowest BCUT2D eigenvalue weighted by molar-refractivity contribution is -0.141. The molecule has 0 saturated heterocycles. The lowest BCUT2D eigenvalue weighted by atomic mass is 9.96. The molecule has 0 saturated carbocycles. The second-order valence-corrected chi connectivity index (χ2v) is 7.34. The topological polar surface area (TPSA) is 53.4 Å². The van der Waals surface area contributed by atoms with E-state index < -0.39 is 6.10 Å². The van der Waals surface area contributed by atoms with Crippen LogP contribution in [0.5, 0.6) is 0 Å². The van der Waals surface area contributed by atoms with Crippen LogP contribution in [0.25, 0.3) is 0 Å². The average molecular weight is 330 g/mol. The Morgan fingerprint density at radius 1 is 1.43 bits per heavy atom. The number of carbonyl (C=O) groups excluding carboxylic acids is 1. The molecule has 2 aromatic rings. The van der Waals surface area contributed by atoms with Gasteiger partial charge in [0.15, 0.2) is 0 Å². The first-order valence-electron chi connectivity index (χ1n) is 8.01. The number of nitrogens with zero attached hydrogens (tertiary/aromatic N) is 2. The second kappa shape index (κ2) is 6.81. The second-order valence-electron chi connectivity index (χ2n) is 6.11. The Hall–Kier alpha value is -1.72. The molecule has 1 amide bonds. The van der Waals surface area contributed by atoms with Crippen molar-refractivity contribution in [2.75, 3.05) is 7.05 Å². The molecule has 4 nitrogen and oxygen atoms in total. The van der Waals surface area contributed by atoms with Gasteiger partial charge in [-0.3, -0.25) is 4.79 Å². The zero-order valence-corrected chi connectivity index (χ0v) is 14.3. The first-order chi connectivity index (χ1) is 11.1. The Bertz CT molecular complexity index is 684. The number of rotatable bonds is 4. The van der Waals surface area contributed by atoms with Gasteiger partial charge in [-0.25, -0.2) is 4.98 Å². The molecule has 2 atom stereocenters. The van der Waals surface area contributed by atoms with E-state index in [1.807, 2.05) is 37.3 Å². The molecule has 5 heteroatoms. The van der Waals surface area contributed by atoms with Gasteiger partial charge in [0.05, 0.1) is 21.6 Å². The largest absolute Gasteiger partial charge is 0.383 e. The van der Waals surface area contributed by atoms with Crippen LogP contribution < -0.4 is 0 Å². The predicted molar refractivity (Wildman–Crippen MR) is 91.5 cm³/mol. The highest BCUT2D eigenvalue weighted by molar-refractivity contribution is 7.11. The normalized spacial score (nSPS) is 18.3. The summed E-state index contributed by atoms with van der Waals surface area (Å²) in [4.78, 5) is 20.1. The van der Waals surface area contributed by atoms with Crippen LogP contribution in [0.4, 0.5) is 0 Å². The molecule has 1 aliphatic carbocycles. The van der Waals surface area contributed by atoms with Gasteiger partial charge in [0, 0.05) is 13.5 Å². The molecule has 3 rings (SSSR count). The molecule has 1 aromatic carbocycles. The lowest BCUT2D eigenvalue weighted by Gasteiger charge is -2.32. The number of amides is 1. The smallest absolute Gasteiger partial charge is 0.252 e. The molecule has 0 radical (unpaired) electrons. The van der Waals surface area contributed by atoms with Gasteiger partial charge in [-0.1, -0.05) is 30.3 Å². The number of aryl methyl sites for hydroxylation is 2. The summed E-state index contributed by atoms with van der Waals surface area (Å²) >= 11 is 1.67.